The standard InChI is InChI=1S/C41H53ClN2O7S/c1-26-9-7-18-41(50-5,22-32(45)21-39(3,4)38(47)48)34-14-11-30(34)23-44-24-40(17-8-10-28-19-31(42)13-15-33(28)40)25-51-36-16-12-29(20-35(36)44)37(46)43-52(6,49)27(26)2/h7,12-13,15-16,18-20,26-27,30,34H,6,8-11,14,17,21-25H2,1-5H3,(H,47,48)(H,43,46,49)/b18-7+/t26-,27+,30-,34+,40-,41+,52?/m0/s1. The van der Waals surface area contributed by atoms with Gasteiger partial charge < -0.3 is 19.5 Å². The molecule has 0 saturated heterocycles. The molecule has 7 atom stereocenters. The highest BCUT2D eigenvalue weighted by atomic mass is 35.5. The number of halogens is 1. The number of amides is 1. The summed E-state index contributed by atoms with van der Waals surface area (Å²) >= 11 is 6.47. The fourth-order valence-corrected chi connectivity index (χ4v) is 10.5. The second kappa shape index (κ2) is 14.5. The maximum atomic E-state index is 14.0. The van der Waals surface area contributed by atoms with Crippen LogP contribution >= 0.6 is 11.6 Å². The normalized spacial score (nSPS) is 32.7. The molecule has 0 radical (unpaired) electrons. The molecule has 1 saturated carbocycles. The second-order valence-corrected chi connectivity index (χ2v) is 19.3. The van der Waals surface area contributed by atoms with Crippen LogP contribution in [0.2, 0.25) is 5.02 Å². The number of ether oxygens (including phenoxy) is 2. The highest BCUT2D eigenvalue weighted by Crippen LogP contribution is 2.50. The molecule has 2 aromatic carbocycles. The fraction of sp³-hybridized carbons (Fsp3) is 0.561. The van der Waals surface area contributed by atoms with Crippen molar-refractivity contribution in [3.8, 4) is 5.75 Å². The molecule has 9 nitrogen and oxygen atoms in total. The molecule has 6 rings (SSSR count). The first-order valence-corrected chi connectivity index (χ1v) is 20.6. The van der Waals surface area contributed by atoms with E-state index >= 15 is 0 Å². The smallest absolute Gasteiger partial charge is 0.309 e. The number of anilines is 1. The lowest BCUT2D eigenvalue weighted by atomic mass is 9.62. The molecule has 0 aromatic heterocycles. The third kappa shape index (κ3) is 7.40. The third-order valence-electron chi connectivity index (χ3n) is 12.4. The number of Topliss-reactive ketones (excluding diaryl/α,β-unsaturated/α-hetero) is 1. The first-order chi connectivity index (χ1) is 24.5. The van der Waals surface area contributed by atoms with E-state index < -0.39 is 37.9 Å². The van der Waals surface area contributed by atoms with Gasteiger partial charge >= 0.3 is 5.97 Å². The van der Waals surface area contributed by atoms with E-state index in [0.29, 0.717) is 42.5 Å². The summed E-state index contributed by atoms with van der Waals surface area (Å²) < 4.78 is 29.8. The molecule has 4 aliphatic rings. The van der Waals surface area contributed by atoms with Crippen molar-refractivity contribution in [3.63, 3.8) is 0 Å². The lowest BCUT2D eigenvalue weighted by Crippen LogP contribution is -2.54. The SMILES string of the molecule is C=S1(=O)NC(=O)c2ccc3c(c2)N(C[C@@H]2CC[C@H]2[C@@](CC(=O)CC(C)(C)C(=O)O)(OC)/C=C/C[C@H](C)[C@H]1C)C[C@@]1(CCCc2cc(Cl)ccc21)CO3. The molecule has 2 aromatic rings. The van der Waals surface area contributed by atoms with Gasteiger partial charge in [0.15, 0.2) is 0 Å². The summed E-state index contributed by atoms with van der Waals surface area (Å²) in [4.78, 5) is 41.8. The molecule has 282 valence electrons. The van der Waals surface area contributed by atoms with Crippen LogP contribution in [0.1, 0.15) is 94.1 Å². The number of nitrogens with zero attached hydrogens (tertiary/aromatic N) is 1. The van der Waals surface area contributed by atoms with Crippen LogP contribution in [0.4, 0.5) is 5.69 Å². The number of fused-ring (bicyclic) bond motifs is 4. The zero-order valence-corrected chi connectivity index (χ0v) is 32.6. The lowest BCUT2D eigenvalue weighted by Gasteiger charge is -2.50. The Morgan fingerprint density at radius 1 is 1.19 bits per heavy atom. The molecule has 2 aliphatic heterocycles. The van der Waals surface area contributed by atoms with Gasteiger partial charge in [-0.1, -0.05) is 36.7 Å². The summed E-state index contributed by atoms with van der Waals surface area (Å²) in [6.07, 6.45) is 9.06. The molecule has 2 bridgehead atoms. The quantitative estimate of drug-likeness (QED) is 0.238. The predicted molar refractivity (Wildman–Crippen MR) is 207 cm³/mol. The maximum Gasteiger partial charge on any atom is 0.309 e. The summed E-state index contributed by atoms with van der Waals surface area (Å²) in [7, 11) is -1.42. The van der Waals surface area contributed by atoms with E-state index in [1.165, 1.54) is 11.1 Å². The maximum absolute atomic E-state index is 14.0. The van der Waals surface area contributed by atoms with Crippen molar-refractivity contribution in [1.82, 2.24) is 4.72 Å². The van der Waals surface area contributed by atoms with Crippen LogP contribution in [-0.2, 0) is 35.9 Å². The topological polar surface area (TPSA) is 122 Å². The number of allylic oxidation sites excluding steroid dienone is 1. The number of aryl methyl sites for hydroxylation is 1. The van der Waals surface area contributed by atoms with Crippen molar-refractivity contribution >= 4 is 50.5 Å². The number of hydrogen-bond donors (Lipinski definition) is 2. The third-order valence-corrected chi connectivity index (χ3v) is 14.9. The summed E-state index contributed by atoms with van der Waals surface area (Å²) in [5.41, 5.74) is 1.12. The number of aliphatic carboxylic acids is 1. The van der Waals surface area contributed by atoms with Gasteiger partial charge in [0.25, 0.3) is 5.91 Å². The highest BCUT2D eigenvalue weighted by molar-refractivity contribution is 7.99. The van der Waals surface area contributed by atoms with E-state index in [4.69, 9.17) is 21.1 Å². The lowest BCUT2D eigenvalue weighted by molar-refractivity contribution is -0.150. The van der Waals surface area contributed by atoms with Crippen molar-refractivity contribution in [2.45, 2.75) is 95.3 Å². The van der Waals surface area contributed by atoms with Gasteiger partial charge in [0, 0.05) is 54.3 Å². The summed E-state index contributed by atoms with van der Waals surface area (Å²) in [6.45, 7) is 8.70. The number of ketones is 1. The Kier molecular flexibility index (Phi) is 10.7. The Balaban J connectivity index is 1.45. The van der Waals surface area contributed by atoms with E-state index in [1.54, 1.807) is 27.0 Å². The molecular formula is C41H53ClN2O7S. The van der Waals surface area contributed by atoms with Crippen LogP contribution in [0.5, 0.6) is 5.75 Å². The van der Waals surface area contributed by atoms with Crippen molar-refractivity contribution in [2.24, 2.45) is 23.2 Å². The van der Waals surface area contributed by atoms with E-state index in [2.05, 4.69) is 27.6 Å². The number of nitrogens with one attached hydrogen (secondary N) is 1. The molecule has 1 spiro atoms. The molecule has 2 heterocycles. The number of carbonyl (C=O) groups is 3. The average molecular weight is 753 g/mol. The average Bonchev–Trinajstić information content (AvgIpc) is 3.21. The van der Waals surface area contributed by atoms with E-state index in [-0.39, 0.29) is 41.8 Å². The largest absolute Gasteiger partial charge is 0.490 e. The monoisotopic (exact) mass is 752 g/mol. The minimum absolute atomic E-state index is 0.0316. The van der Waals surface area contributed by atoms with Crippen LogP contribution in [0.25, 0.3) is 0 Å². The molecule has 1 amide bonds. The van der Waals surface area contributed by atoms with Gasteiger partial charge in [-0.3, -0.25) is 19.1 Å². The highest BCUT2D eigenvalue weighted by Gasteiger charge is 2.50. The molecule has 2 aliphatic carbocycles. The Hall–Kier alpha value is -3.34. The van der Waals surface area contributed by atoms with Crippen molar-refractivity contribution in [1.29, 1.82) is 0 Å². The van der Waals surface area contributed by atoms with Gasteiger partial charge in [0.1, 0.15) is 11.5 Å². The number of carboxylic acid groups (broad SMARTS) is 1. The molecule has 1 unspecified atom stereocenters. The predicted octanol–water partition coefficient (Wildman–Crippen LogP) is 7.03. The van der Waals surface area contributed by atoms with Gasteiger partial charge in [-0.25, -0.2) is 4.21 Å². The van der Waals surface area contributed by atoms with Crippen molar-refractivity contribution in [2.75, 3.05) is 31.7 Å². The summed E-state index contributed by atoms with van der Waals surface area (Å²) in [6, 6.07) is 11.6. The van der Waals surface area contributed by atoms with Crippen LogP contribution in [0.15, 0.2) is 48.6 Å². The summed E-state index contributed by atoms with van der Waals surface area (Å²) in [5.74, 6) is 3.01. The zero-order valence-electron chi connectivity index (χ0n) is 31.0. The first-order valence-electron chi connectivity index (χ1n) is 18.5. The van der Waals surface area contributed by atoms with Crippen LogP contribution in [0.3, 0.4) is 0 Å². The van der Waals surface area contributed by atoms with Crippen LogP contribution in [0, 0.1) is 23.2 Å². The van der Waals surface area contributed by atoms with E-state index in [9.17, 15) is 23.7 Å². The molecule has 1 fully saturated rings. The minimum atomic E-state index is -3.06. The van der Waals surface area contributed by atoms with Gasteiger partial charge in [0.2, 0.25) is 0 Å². The number of rotatable bonds is 6. The Morgan fingerprint density at radius 2 is 1.96 bits per heavy atom. The number of carbonyl (C=O) groups excluding carboxylic acids is 2. The molecular weight excluding hydrogens is 700 g/mol. The van der Waals surface area contributed by atoms with Gasteiger partial charge in [-0.2, -0.15) is 0 Å². The number of hydrogen-bond acceptors (Lipinski definition) is 7. The van der Waals surface area contributed by atoms with Gasteiger partial charge in [0.05, 0.1) is 33.0 Å². The molecule has 52 heavy (non-hydrogen) atoms. The van der Waals surface area contributed by atoms with Gasteiger partial charge in [-0.15, -0.1) is 0 Å². The first kappa shape index (κ1) is 38.4. The van der Waals surface area contributed by atoms with E-state index in [1.807, 2.05) is 44.2 Å². The molecule has 11 heteroatoms. The van der Waals surface area contributed by atoms with Crippen molar-refractivity contribution in [3.05, 3.63) is 70.3 Å². The molecule has 2 N–H and O–H groups in total. The van der Waals surface area contributed by atoms with Crippen LogP contribution in [-0.4, -0.2) is 70.5 Å². The Bertz CT molecular complexity index is 1880. The van der Waals surface area contributed by atoms with Crippen LogP contribution < -0.4 is 14.4 Å². The number of benzene rings is 2. The zero-order chi connectivity index (χ0) is 37.6. The second-order valence-electron chi connectivity index (χ2n) is 16.4. The fourth-order valence-electron chi connectivity index (χ4n) is 8.87. The van der Waals surface area contributed by atoms with Gasteiger partial charge in [-0.05, 0) is 124 Å². The number of carboxylic acids is 1. The minimum Gasteiger partial charge on any atom is -0.490 e. The Labute approximate surface area is 313 Å². The number of methoxy groups -OCH3 is 1. The Morgan fingerprint density at radius 3 is 2.65 bits per heavy atom. The van der Waals surface area contributed by atoms with E-state index in [0.717, 1.165) is 37.8 Å². The van der Waals surface area contributed by atoms with Crippen molar-refractivity contribution < 1.29 is 33.2 Å². The summed E-state index contributed by atoms with van der Waals surface area (Å²) in [5, 5.41) is 10.1.